The fourth-order valence-electron chi connectivity index (χ4n) is 4.07. The first-order chi connectivity index (χ1) is 14.2. The number of benzene rings is 2. The van der Waals surface area contributed by atoms with Crippen LogP contribution >= 0.6 is 11.6 Å². The van der Waals surface area contributed by atoms with E-state index in [4.69, 9.17) is 16.3 Å². The van der Waals surface area contributed by atoms with Gasteiger partial charge in [-0.1, -0.05) is 55.8 Å². The lowest BCUT2D eigenvalue weighted by Gasteiger charge is -2.15. The molecule has 0 bridgehead atoms. The molecule has 5 nitrogen and oxygen atoms in total. The van der Waals surface area contributed by atoms with E-state index in [9.17, 15) is 15.0 Å². The van der Waals surface area contributed by atoms with Crippen molar-refractivity contribution in [3.63, 3.8) is 0 Å². The summed E-state index contributed by atoms with van der Waals surface area (Å²) in [6.45, 7) is 4.73. The summed E-state index contributed by atoms with van der Waals surface area (Å²) in [4.78, 5) is 11.8. The van der Waals surface area contributed by atoms with Crippen LogP contribution in [0.2, 0.25) is 5.02 Å². The fourth-order valence-corrected chi connectivity index (χ4v) is 4.20. The number of methoxy groups -OCH3 is 1. The normalized spacial score (nSPS) is 15.3. The van der Waals surface area contributed by atoms with Gasteiger partial charge in [-0.25, -0.2) is 4.79 Å². The molecular weight excluding hydrogens is 402 g/mol. The quantitative estimate of drug-likeness (QED) is 0.664. The molecule has 0 atom stereocenters. The smallest absolute Gasteiger partial charge is 0.373 e. The zero-order valence-electron chi connectivity index (χ0n) is 16.9. The minimum Gasteiger partial charge on any atom is -0.500 e. The van der Waals surface area contributed by atoms with Crippen molar-refractivity contribution in [2.45, 2.75) is 20.4 Å². The van der Waals surface area contributed by atoms with Crippen molar-refractivity contribution in [1.29, 1.82) is 0 Å². The summed E-state index contributed by atoms with van der Waals surface area (Å²) in [5.74, 6) is -1.31. The van der Waals surface area contributed by atoms with Gasteiger partial charge in [-0.05, 0) is 35.4 Å². The standard InChI is InChI=1S/C24H22ClNO4/c1-24(2)12-18-19(14-6-10-17(30-3)11-7-14)20(15-4-8-16(25)9-5-15)21(26(18)13-24)22(27)23(28)29/h4-12,27H,13H2,1-3H3,(H,28,29). The molecule has 2 heterocycles. The number of aromatic nitrogens is 1. The van der Waals surface area contributed by atoms with Crippen LogP contribution in [0, 0.1) is 5.41 Å². The molecule has 2 aromatic carbocycles. The van der Waals surface area contributed by atoms with Gasteiger partial charge in [0.1, 0.15) is 11.1 Å². The minimum absolute atomic E-state index is 0.178. The van der Waals surface area contributed by atoms with Crippen molar-refractivity contribution in [2.24, 2.45) is 5.41 Å². The molecule has 0 amide bonds. The van der Waals surface area contributed by atoms with Crippen LogP contribution < -0.4 is 15.4 Å². The average molecular weight is 424 g/mol. The first kappa shape index (κ1) is 20.1. The number of fused-ring (bicyclic) bond motifs is 1. The van der Waals surface area contributed by atoms with Crippen molar-refractivity contribution in [2.75, 3.05) is 7.11 Å². The number of nitrogens with zero attached hydrogens (tertiary/aromatic N) is 1. The number of hydrogen-bond acceptors (Lipinski definition) is 3. The molecule has 0 fully saturated rings. The van der Waals surface area contributed by atoms with Crippen molar-refractivity contribution < 1.29 is 19.7 Å². The lowest BCUT2D eigenvalue weighted by atomic mass is 9.92. The Bertz CT molecular complexity index is 1250. The first-order valence-electron chi connectivity index (χ1n) is 9.54. The Morgan fingerprint density at radius 2 is 1.57 bits per heavy atom. The summed E-state index contributed by atoms with van der Waals surface area (Å²) in [5.41, 5.74) is 3.04. The second-order valence-corrected chi connectivity index (χ2v) is 8.53. The maximum atomic E-state index is 11.8. The van der Waals surface area contributed by atoms with Gasteiger partial charge in [0.05, 0.1) is 7.11 Å². The topological polar surface area (TPSA) is 71.7 Å². The van der Waals surface area contributed by atoms with Gasteiger partial charge in [-0.3, -0.25) is 0 Å². The number of carbonyl (C=O) groups is 1. The SMILES string of the molecule is COc1ccc(-c2c(-c3ccc(Cl)cc3)c(=C(O)C(=O)O)n3c2=CC(C)(C)C3)cc1. The number of aliphatic hydroxyl groups excluding tert-OH is 1. The van der Waals surface area contributed by atoms with E-state index >= 15 is 0 Å². The van der Waals surface area contributed by atoms with Gasteiger partial charge >= 0.3 is 5.97 Å². The highest BCUT2D eigenvalue weighted by atomic mass is 35.5. The molecule has 0 radical (unpaired) electrons. The largest absolute Gasteiger partial charge is 0.500 e. The van der Waals surface area contributed by atoms with Crippen molar-refractivity contribution in [3.8, 4) is 28.0 Å². The molecule has 1 aliphatic heterocycles. The number of halogens is 1. The van der Waals surface area contributed by atoms with Crippen LogP contribution in [0.25, 0.3) is 34.1 Å². The molecule has 1 aromatic heterocycles. The van der Waals surface area contributed by atoms with Crippen LogP contribution in [0.1, 0.15) is 13.8 Å². The molecule has 0 saturated heterocycles. The number of hydrogen-bond donors (Lipinski definition) is 2. The molecule has 30 heavy (non-hydrogen) atoms. The summed E-state index contributed by atoms with van der Waals surface area (Å²) < 4.78 is 7.18. The monoisotopic (exact) mass is 423 g/mol. The average Bonchev–Trinajstić information content (AvgIpc) is 3.18. The van der Waals surface area contributed by atoms with Gasteiger partial charge in [0.25, 0.3) is 0 Å². The third kappa shape index (κ3) is 3.35. The van der Waals surface area contributed by atoms with Crippen molar-refractivity contribution >= 4 is 29.4 Å². The molecule has 6 heteroatoms. The van der Waals surface area contributed by atoms with Crippen LogP contribution in [0.3, 0.4) is 0 Å². The lowest BCUT2D eigenvalue weighted by molar-refractivity contribution is -0.132. The van der Waals surface area contributed by atoms with Crippen LogP contribution in [0.5, 0.6) is 5.75 Å². The molecule has 0 aliphatic carbocycles. The Balaban J connectivity index is 2.17. The summed E-state index contributed by atoms with van der Waals surface area (Å²) in [5, 5.41) is 22.0. The predicted molar refractivity (Wildman–Crippen MR) is 118 cm³/mol. The van der Waals surface area contributed by atoms with Gasteiger partial charge < -0.3 is 19.5 Å². The van der Waals surface area contributed by atoms with E-state index in [0.717, 1.165) is 27.8 Å². The second kappa shape index (κ2) is 7.26. The Hall–Kier alpha value is -3.18. The lowest BCUT2D eigenvalue weighted by Crippen LogP contribution is -2.29. The number of rotatable bonds is 4. The summed E-state index contributed by atoms with van der Waals surface area (Å²) in [7, 11) is 1.61. The van der Waals surface area contributed by atoms with Gasteiger partial charge in [-0.2, -0.15) is 0 Å². The molecule has 3 aromatic rings. The molecule has 1 aliphatic rings. The van der Waals surface area contributed by atoms with Crippen molar-refractivity contribution in [1.82, 2.24) is 4.57 Å². The number of ether oxygens (including phenoxy) is 1. The van der Waals surface area contributed by atoms with Crippen LogP contribution in [-0.2, 0) is 11.3 Å². The maximum Gasteiger partial charge on any atom is 0.373 e. The highest BCUT2D eigenvalue weighted by molar-refractivity contribution is 6.30. The molecule has 0 spiro atoms. The van der Waals surface area contributed by atoms with E-state index in [0.29, 0.717) is 22.5 Å². The summed E-state index contributed by atoms with van der Waals surface area (Å²) in [6, 6.07) is 14.8. The maximum absolute atomic E-state index is 11.8. The van der Waals surface area contributed by atoms with Gasteiger partial charge in [0.2, 0.25) is 5.76 Å². The van der Waals surface area contributed by atoms with Crippen molar-refractivity contribution in [3.05, 3.63) is 64.3 Å². The number of carboxylic acid groups (broad SMARTS) is 1. The van der Waals surface area contributed by atoms with E-state index in [1.165, 1.54) is 0 Å². The van der Waals surface area contributed by atoms with E-state index in [2.05, 4.69) is 19.9 Å². The molecular formula is C24H22ClNO4. The number of carboxylic acids is 1. The molecule has 2 N–H and O–H groups in total. The molecule has 4 rings (SSSR count). The molecule has 0 saturated carbocycles. The highest BCUT2D eigenvalue weighted by Crippen LogP contribution is 2.33. The minimum atomic E-state index is -1.36. The van der Waals surface area contributed by atoms with Crippen LogP contribution in [-0.4, -0.2) is 27.9 Å². The second-order valence-electron chi connectivity index (χ2n) is 8.09. The highest BCUT2D eigenvalue weighted by Gasteiger charge is 2.30. The number of aliphatic carboxylic acids is 1. The van der Waals surface area contributed by atoms with E-state index in [1.807, 2.05) is 41.0 Å². The Morgan fingerprint density at radius 3 is 2.13 bits per heavy atom. The molecule has 154 valence electrons. The summed E-state index contributed by atoms with van der Waals surface area (Å²) in [6.07, 6.45) is 2.13. The zero-order chi connectivity index (χ0) is 21.6. The fraction of sp³-hybridized carbons (Fsp3) is 0.208. The molecule has 0 unspecified atom stereocenters. The third-order valence-corrected chi connectivity index (χ3v) is 5.59. The van der Waals surface area contributed by atoms with E-state index in [1.54, 1.807) is 19.2 Å². The Kier molecular flexibility index (Phi) is 4.86. The Morgan fingerprint density at radius 1 is 1.00 bits per heavy atom. The van der Waals surface area contributed by atoms with Gasteiger partial charge in [0, 0.05) is 33.5 Å². The van der Waals surface area contributed by atoms with Crippen LogP contribution in [0.4, 0.5) is 0 Å². The zero-order valence-corrected chi connectivity index (χ0v) is 17.7. The number of aliphatic hydroxyl groups is 1. The van der Waals surface area contributed by atoms with Gasteiger partial charge in [0.15, 0.2) is 0 Å². The first-order valence-corrected chi connectivity index (χ1v) is 9.92. The van der Waals surface area contributed by atoms with E-state index in [-0.39, 0.29) is 5.41 Å². The predicted octanol–water partition coefficient (Wildman–Crippen LogP) is 4.06. The van der Waals surface area contributed by atoms with Crippen LogP contribution in [0.15, 0.2) is 48.5 Å². The third-order valence-electron chi connectivity index (χ3n) is 5.34. The summed E-state index contributed by atoms with van der Waals surface area (Å²) >= 11 is 6.08. The Labute approximate surface area is 179 Å². The van der Waals surface area contributed by atoms with Gasteiger partial charge in [-0.15, -0.1) is 0 Å². The van der Waals surface area contributed by atoms with E-state index < -0.39 is 11.7 Å².